The van der Waals surface area contributed by atoms with Crippen LogP contribution in [0.3, 0.4) is 0 Å². The number of fused-ring (bicyclic) bond motifs is 1. The minimum Gasteiger partial charge on any atom is -0.382 e. The van der Waals surface area contributed by atoms with Crippen LogP contribution in [0.4, 0.5) is 5.82 Å². The van der Waals surface area contributed by atoms with Crippen LogP contribution < -0.4 is 5.73 Å². The Balaban J connectivity index is 1.59. The lowest BCUT2D eigenvalue weighted by atomic mass is 10.2. The lowest BCUT2D eigenvalue weighted by Gasteiger charge is -2.31. The molecular weight excluding hydrogens is 246 g/mol. The first-order chi connectivity index (χ1) is 9.24. The van der Waals surface area contributed by atoms with E-state index in [9.17, 15) is 4.79 Å². The van der Waals surface area contributed by atoms with Crippen LogP contribution in [0, 0.1) is 0 Å². The highest BCUT2D eigenvalue weighted by Crippen LogP contribution is 2.14. The van der Waals surface area contributed by atoms with Crippen LogP contribution >= 0.6 is 0 Å². The van der Waals surface area contributed by atoms with Crippen LogP contribution in [0.25, 0.3) is 0 Å². The second kappa shape index (κ2) is 5.18. The number of rotatable bonds is 3. The Bertz CT molecular complexity index is 467. The summed E-state index contributed by atoms with van der Waals surface area (Å²) in [5, 5.41) is 4.11. The molecule has 0 aliphatic carbocycles. The summed E-state index contributed by atoms with van der Waals surface area (Å²) in [5.41, 5.74) is 6.23. The third-order valence-electron chi connectivity index (χ3n) is 3.68. The fraction of sp³-hybridized carbons (Fsp3) is 0.667. The molecule has 1 amide bonds. The van der Waals surface area contributed by atoms with Crippen molar-refractivity contribution in [3.05, 3.63) is 11.8 Å². The van der Waals surface area contributed by atoms with E-state index in [1.165, 1.54) is 0 Å². The molecule has 0 atom stereocenters. The van der Waals surface area contributed by atoms with Gasteiger partial charge in [0.1, 0.15) is 11.5 Å². The SMILES string of the molecule is Nc1cc2n(n1)CCN(CCN1CCOCC1)C2=O. The summed E-state index contributed by atoms with van der Waals surface area (Å²) in [7, 11) is 0. The van der Waals surface area contributed by atoms with Crippen LogP contribution in [-0.2, 0) is 11.3 Å². The molecule has 1 saturated heterocycles. The molecule has 104 valence electrons. The lowest BCUT2D eigenvalue weighted by Crippen LogP contribution is -2.46. The van der Waals surface area contributed by atoms with Crippen molar-refractivity contribution in [1.29, 1.82) is 0 Å². The Morgan fingerprint density at radius 2 is 2.00 bits per heavy atom. The summed E-state index contributed by atoms with van der Waals surface area (Å²) in [6.45, 7) is 6.57. The molecule has 0 bridgehead atoms. The zero-order chi connectivity index (χ0) is 13.2. The van der Waals surface area contributed by atoms with Gasteiger partial charge < -0.3 is 15.4 Å². The minimum absolute atomic E-state index is 0.0312. The van der Waals surface area contributed by atoms with Crippen molar-refractivity contribution in [2.75, 3.05) is 51.7 Å². The number of hydrogen-bond acceptors (Lipinski definition) is 5. The number of ether oxygens (including phenoxy) is 1. The van der Waals surface area contributed by atoms with Crippen molar-refractivity contribution in [2.24, 2.45) is 0 Å². The predicted octanol–water partition coefficient (Wildman–Crippen LogP) is -0.747. The Labute approximate surface area is 111 Å². The van der Waals surface area contributed by atoms with E-state index in [0.29, 0.717) is 18.1 Å². The summed E-state index contributed by atoms with van der Waals surface area (Å²) in [5.74, 6) is 0.446. The number of morpholine rings is 1. The molecule has 0 spiro atoms. The maximum absolute atomic E-state index is 12.3. The number of nitrogens with zero attached hydrogens (tertiary/aromatic N) is 4. The van der Waals surface area contributed by atoms with E-state index in [4.69, 9.17) is 10.5 Å². The lowest BCUT2D eigenvalue weighted by molar-refractivity contribution is 0.0313. The Kier molecular flexibility index (Phi) is 3.39. The van der Waals surface area contributed by atoms with Crippen LogP contribution in [0.2, 0.25) is 0 Å². The normalized spacial score (nSPS) is 20.6. The molecule has 0 aromatic carbocycles. The Morgan fingerprint density at radius 1 is 1.21 bits per heavy atom. The van der Waals surface area contributed by atoms with Gasteiger partial charge in [-0.3, -0.25) is 14.4 Å². The monoisotopic (exact) mass is 265 g/mol. The fourth-order valence-corrected chi connectivity index (χ4v) is 2.56. The second-order valence-electron chi connectivity index (χ2n) is 4.92. The van der Waals surface area contributed by atoms with Gasteiger partial charge in [-0.15, -0.1) is 0 Å². The van der Waals surface area contributed by atoms with Crippen LogP contribution in [0.1, 0.15) is 10.5 Å². The van der Waals surface area contributed by atoms with Crippen molar-refractivity contribution < 1.29 is 9.53 Å². The van der Waals surface area contributed by atoms with E-state index >= 15 is 0 Å². The van der Waals surface area contributed by atoms with Crippen molar-refractivity contribution in [1.82, 2.24) is 19.6 Å². The molecule has 7 nitrogen and oxygen atoms in total. The number of anilines is 1. The number of hydrogen-bond donors (Lipinski definition) is 1. The molecule has 0 radical (unpaired) electrons. The molecule has 3 rings (SSSR count). The standard InChI is InChI=1S/C12H19N5O2/c13-11-9-10-12(18)16(3-4-17(10)14-11)2-1-15-5-7-19-8-6-15/h9H,1-8H2,(H2,13,14). The molecule has 2 N–H and O–H groups in total. The fourth-order valence-electron chi connectivity index (χ4n) is 2.56. The van der Waals surface area contributed by atoms with Crippen molar-refractivity contribution >= 4 is 11.7 Å². The van der Waals surface area contributed by atoms with Crippen LogP contribution in [0.5, 0.6) is 0 Å². The number of nitrogens with two attached hydrogens (primary N) is 1. The molecule has 0 saturated carbocycles. The number of amides is 1. The molecule has 3 heterocycles. The quantitative estimate of drug-likeness (QED) is 0.778. The smallest absolute Gasteiger partial charge is 0.272 e. The van der Waals surface area contributed by atoms with E-state index in [2.05, 4.69) is 10.00 Å². The van der Waals surface area contributed by atoms with Gasteiger partial charge in [0.25, 0.3) is 5.91 Å². The molecule has 1 aromatic heterocycles. The van der Waals surface area contributed by atoms with Crippen LogP contribution in [-0.4, -0.2) is 71.4 Å². The van der Waals surface area contributed by atoms with Crippen molar-refractivity contribution in [3.8, 4) is 0 Å². The maximum Gasteiger partial charge on any atom is 0.272 e. The van der Waals surface area contributed by atoms with Gasteiger partial charge in [-0.05, 0) is 0 Å². The first-order valence-corrected chi connectivity index (χ1v) is 6.67. The summed E-state index contributed by atoms with van der Waals surface area (Å²) in [6, 6.07) is 1.66. The Morgan fingerprint density at radius 3 is 2.79 bits per heavy atom. The molecule has 7 heteroatoms. The highest BCUT2D eigenvalue weighted by atomic mass is 16.5. The van der Waals surface area contributed by atoms with Gasteiger partial charge >= 0.3 is 0 Å². The molecule has 2 aliphatic heterocycles. The topological polar surface area (TPSA) is 76.6 Å². The molecule has 2 aliphatic rings. The molecule has 1 aromatic rings. The highest BCUT2D eigenvalue weighted by Gasteiger charge is 2.26. The summed E-state index contributed by atoms with van der Waals surface area (Å²) in [4.78, 5) is 16.5. The van der Waals surface area contributed by atoms with Gasteiger partial charge in [0.2, 0.25) is 0 Å². The summed E-state index contributed by atoms with van der Waals surface area (Å²) < 4.78 is 7.01. The molecule has 1 fully saturated rings. The zero-order valence-corrected chi connectivity index (χ0v) is 10.9. The summed E-state index contributed by atoms with van der Waals surface area (Å²) in [6.07, 6.45) is 0. The van der Waals surface area contributed by atoms with E-state index in [1.807, 2.05) is 4.90 Å². The second-order valence-corrected chi connectivity index (χ2v) is 4.92. The number of carbonyl (C=O) groups is 1. The zero-order valence-electron chi connectivity index (χ0n) is 10.9. The number of nitrogen functional groups attached to an aromatic ring is 1. The van der Waals surface area contributed by atoms with Gasteiger partial charge in [0.15, 0.2) is 0 Å². The average Bonchev–Trinajstić information content (AvgIpc) is 2.81. The average molecular weight is 265 g/mol. The molecule has 19 heavy (non-hydrogen) atoms. The van der Waals surface area contributed by atoms with Gasteiger partial charge in [-0.2, -0.15) is 5.10 Å². The molecule has 0 unspecified atom stereocenters. The first-order valence-electron chi connectivity index (χ1n) is 6.67. The van der Waals surface area contributed by atoms with Gasteiger partial charge in [0, 0.05) is 38.8 Å². The molecular formula is C12H19N5O2. The van der Waals surface area contributed by atoms with Crippen molar-refractivity contribution in [2.45, 2.75) is 6.54 Å². The predicted molar refractivity (Wildman–Crippen MR) is 69.8 cm³/mol. The van der Waals surface area contributed by atoms with E-state index in [-0.39, 0.29) is 5.91 Å². The van der Waals surface area contributed by atoms with E-state index < -0.39 is 0 Å². The number of carbonyl (C=O) groups excluding carboxylic acids is 1. The minimum atomic E-state index is 0.0312. The van der Waals surface area contributed by atoms with Crippen molar-refractivity contribution in [3.63, 3.8) is 0 Å². The van der Waals surface area contributed by atoms with E-state index in [1.54, 1.807) is 10.7 Å². The largest absolute Gasteiger partial charge is 0.382 e. The maximum atomic E-state index is 12.3. The number of aromatic nitrogens is 2. The first kappa shape index (κ1) is 12.4. The van der Waals surface area contributed by atoms with E-state index in [0.717, 1.165) is 45.9 Å². The van der Waals surface area contributed by atoms with Gasteiger partial charge in [-0.25, -0.2) is 0 Å². The highest BCUT2D eigenvalue weighted by molar-refractivity contribution is 5.93. The van der Waals surface area contributed by atoms with Crippen LogP contribution in [0.15, 0.2) is 6.07 Å². The van der Waals surface area contributed by atoms with Gasteiger partial charge in [0.05, 0.1) is 19.8 Å². The third kappa shape index (κ3) is 2.57. The summed E-state index contributed by atoms with van der Waals surface area (Å²) >= 11 is 0. The third-order valence-corrected chi connectivity index (χ3v) is 3.68. The Hall–Kier alpha value is -1.60. The van der Waals surface area contributed by atoms with Gasteiger partial charge in [-0.1, -0.05) is 0 Å².